The molecule has 0 bridgehead atoms. The van der Waals surface area contributed by atoms with Crippen LogP contribution in [0.2, 0.25) is 0 Å². The molecule has 0 unspecified atom stereocenters. The van der Waals surface area contributed by atoms with Crippen LogP contribution in [0.15, 0.2) is 120 Å². The van der Waals surface area contributed by atoms with E-state index in [1.165, 1.54) is 18.3 Å². The van der Waals surface area contributed by atoms with Crippen LogP contribution in [-0.4, -0.2) is 15.0 Å². The van der Waals surface area contributed by atoms with Crippen molar-refractivity contribution < 1.29 is 38.2 Å². The van der Waals surface area contributed by atoms with Gasteiger partial charge in [0.2, 0.25) is 0 Å². The molecule has 275 valence electrons. The molecule has 0 atom stereocenters. The first-order chi connectivity index (χ1) is 29.3. The molecule has 0 saturated carbocycles. The average molecular weight is 896 g/mol. The summed E-state index contributed by atoms with van der Waals surface area (Å²) >= 11 is 0. The van der Waals surface area contributed by atoms with Crippen LogP contribution in [0.5, 0.6) is 0 Å². The largest absolute Gasteiger partial charge is 0.498 e. The van der Waals surface area contributed by atoms with Gasteiger partial charge in [-0.3, -0.25) is 0 Å². The molecule has 4 heterocycles. The van der Waals surface area contributed by atoms with Gasteiger partial charge >= 0.3 is 0 Å². The minimum Gasteiger partial charge on any atom is -0.498 e. The van der Waals surface area contributed by atoms with Gasteiger partial charge in [-0.2, -0.15) is 0 Å². The first kappa shape index (κ1) is 27.6. The Balaban J connectivity index is 0.000000227. The molecule has 8 rings (SSSR count). The molecule has 0 saturated heterocycles. The van der Waals surface area contributed by atoms with E-state index >= 15 is 0 Å². The maximum Gasteiger partial charge on any atom is 0.147 e. The van der Waals surface area contributed by atoms with Crippen molar-refractivity contribution in [3.63, 3.8) is 0 Å². The Labute approximate surface area is 347 Å². The molecule has 8 aromatic rings. The maximum absolute atomic E-state index is 8.81. The summed E-state index contributed by atoms with van der Waals surface area (Å²) in [7, 11) is 0. The number of rotatable bonds is 5. The number of fused-ring (bicyclic) bond motifs is 5. The van der Waals surface area contributed by atoms with Crippen LogP contribution in [0.1, 0.15) is 77.6 Å². The first-order valence-electron chi connectivity index (χ1n) is 22.5. The third-order valence-electron chi connectivity index (χ3n) is 8.41. The van der Waals surface area contributed by atoms with Gasteiger partial charge in [0.15, 0.2) is 0 Å². The van der Waals surface area contributed by atoms with E-state index in [-0.39, 0.29) is 36.9 Å². The van der Waals surface area contributed by atoms with Crippen LogP contribution in [0.3, 0.4) is 0 Å². The molecule has 54 heavy (non-hydrogen) atoms. The molecule has 0 aliphatic carbocycles. The Kier molecular flexibility index (Phi) is 8.07. The fourth-order valence-electron chi connectivity index (χ4n) is 6.16. The van der Waals surface area contributed by atoms with Crippen molar-refractivity contribution in [1.82, 2.24) is 15.0 Å². The molecule has 4 aromatic heterocycles. The number of aryl methyl sites for hydroxylation is 2. The van der Waals surface area contributed by atoms with Gasteiger partial charge in [0.25, 0.3) is 0 Å². The zero-order chi connectivity index (χ0) is 45.9. The number of furan rings is 1. The summed E-state index contributed by atoms with van der Waals surface area (Å²) in [5.41, 5.74) is 5.12. The number of hydrogen-bond donors (Lipinski definition) is 0. The summed E-state index contributed by atoms with van der Waals surface area (Å²) in [6, 6.07) is 37.7. The zero-order valence-electron chi connectivity index (χ0n) is 41.1. The first-order valence-corrected chi connectivity index (χ1v) is 17.5. The summed E-state index contributed by atoms with van der Waals surface area (Å²) in [6.45, 7) is 5.99. The van der Waals surface area contributed by atoms with Gasteiger partial charge in [-0.1, -0.05) is 113 Å². The summed E-state index contributed by atoms with van der Waals surface area (Å²) < 4.78 is 87.8. The fraction of sp³-hybridized carbons (Fsp3) is 0.245. The van der Waals surface area contributed by atoms with Gasteiger partial charge in [0, 0.05) is 62.7 Å². The molecular weight excluding hydrogens is 839 g/mol. The molecule has 0 fully saturated rings. The van der Waals surface area contributed by atoms with Gasteiger partial charge in [-0.25, -0.2) is 4.98 Å². The fourth-order valence-corrected chi connectivity index (χ4v) is 6.16. The molecule has 4 aromatic carbocycles. The van der Waals surface area contributed by atoms with Gasteiger partial charge in [0.05, 0.1) is 5.58 Å². The Morgan fingerprint density at radius 2 is 1.48 bits per heavy atom. The second kappa shape index (κ2) is 15.8. The van der Waals surface area contributed by atoms with Crippen LogP contribution in [0.4, 0.5) is 0 Å². The molecular formula is C49H47IrN3O-2. The van der Waals surface area contributed by atoms with Crippen molar-refractivity contribution in [2.45, 2.75) is 68.0 Å². The van der Waals surface area contributed by atoms with Crippen molar-refractivity contribution in [3.8, 4) is 33.6 Å². The van der Waals surface area contributed by atoms with Gasteiger partial charge in [0.1, 0.15) is 11.1 Å². The van der Waals surface area contributed by atoms with E-state index in [1.807, 2.05) is 99.6 Å². The topological polar surface area (TPSA) is 51.8 Å². The Bertz CT molecular complexity index is 2950. The molecule has 4 nitrogen and oxygen atoms in total. The number of aromatic nitrogens is 3. The normalized spacial score (nSPS) is 15.4. The van der Waals surface area contributed by atoms with Crippen LogP contribution >= 0.6 is 0 Å². The number of hydrogen-bond acceptors (Lipinski definition) is 4. The van der Waals surface area contributed by atoms with E-state index in [9.17, 15) is 0 Å². The standard InChI is InChI=1S/C27H25N2O.C22H22N.Ir/c1-16-15-28-23(13-19(16)14-27(3,4)5)22-8-6-7-20-21-12-11-18-10-9-17(2)29-24(18)26(21)30-25(20)22;1-22(2,3)16-17-9-11-18(12-10-17)20-13-14-23-21(15-20)19-7-5-4-6-8-19;/h6-7,9-13,15H,14H2,1-5H3;4-7,9-15H,16H2,1-3H3;/q2*-1;/i1D3,2D3,14D2;16D2;. The van der Waals surface area contributed by atoms with Crippen molar-refractivity contribution in [2.24, 2.45) is 10.8 Å². The molecule has 0 aliphatic heterocycles. The van der Waals surface area contributed by atoms with Crippen molar-refractivity contribution in [3.05, 3.63) is 150 Å². The van der Waals surface area contributed by atoms with Crippen LogP contribution in [0.25, 0.3) is 66.5 Å². The van der Waals surface area contributed by atoms with Crippen molar-refractivity contribution >= 4 is 32.8 Å². The second-order valence-corrected chi connectivity index (χ2v) is 15.1. The Morgan fingerprint density at radius 3 is 2.20 bits per heavy atom. The van der Waals surface area contributed by atoms with E-state index in [1.54, 1.807) is 39.1 Å². The van der Waals surface area contributed by atoms with E-state index < -0.39 is 37.3 Å². The monoisotopic (exact) mass is 896 g/mol. The molecule has 5 heteroatoms. The predicted molar refractivity (Wildman–Crippen MR) is 221 cm³/mol. The minimum atomic E-state index is -2.56. The molecule has 0 spiro atoms. The number of pyridine rings is 3. The molecule has 1 radical (unpaired) electrons. The maximum atomic E-state index is 8.81. The number of nitrogens with zero attached hydrogens (tertiary/aromatic N) is 3. The van der Waals surface area contributed by atoms with Gasteiger partial charge in [-0.15, -0.1) is 54.1 Å². The average Bonchev–Trinajstić information content (AvgIpc) is 3.62. The second-order valence-electron chi connectivity index (χ2n) is 15.1. The van der Waals surface area contributed by atoms with Gasteiger partial charge in [-0.05, 0) is 83.1 Å². The van der Waals surface area contributed by atoms with E-state index in [2.05, 4.69) is 27.1 Å². The molecule has 0 aliphatic rings. The third-order valence-corrected chi connectivity index (χ3v) is 8.41. The zero-order valence-corrected chi connectivity index (χ0v) is 33.4. The van der Waals surface area contributed by atoms with Crippen molar-refractivity contribution in [2.75, 3.05) is 0 Å². The number of benzene rings is 4. The van der Waals surface area contributed by atoms with Crippen LogP contribution < -0.4 is 0 Å². The van der Waals surface area contributed by atoms with Crippen LogP contribution in [-0.2, 0) is 32.9 Å². The molecule has 0 amide bonds. The minimum absolute atomic E-state index is 0. The van der Waals surface area contributed by atoms with Gasteiger partial charge < -0.3 is 14.4 Å². The summed E-state index contributed by atoms with van der Waals surface area (Å²) in [5, 5.41) is 2.16. The predicted octanol–water partition coefficient (Wildman–Crippen LogP) is 13.0. The summed E-state index contributed by atoms with van der Waals surface area (Å²) in [5.74, 6) is 0. The van der Waals surface area contributed by atoms with E-state index in [0.717, 1.165) is 38.5 Å². The van der Waals surface area contributed by atoms with Crippen LogP contribution in [0, 0.1) is 36.7 Å². The van der Waals surface area contributed by atoms with E-state index in [4.69, 9.17) is 18.1 Å². The summed E-state index contributed by atoms with van der Waals surface area (Å²) in [4.78, 5) is 13.2. The Hall–Kier alpha value is -4.96. The Morgan fingerprint density at radius 1 is 0.704 bits per heavy atom. The smallest absolute Gasteiger partial charge is 0.147 e. The third kappa shape index (κ3) is 8.87. The SMILES string of the molecule is [2H]C([2H])([2H])c1ccc2ccc3c4cc[c-]c(-c5cc(C([2H])([2H])C(C)(C)C)c(C([2H])([2H])[2H])cn5)c4oc3c2n1.[2H]C([2H])(c1ccc(-c2ccnc(-c3[c-]cccc3)c2)cc1)C(C)(C)C.[Ir]. The summed E-state index contributed by atoms with van der Waals surface area (Å²) in [6.07, 6.45) is -0.361. The van der Waals surface area contributed by atoms with E-state index in [0.29, 0.717) is 33.5 Å². The molecule has 0 N–H and O–H groups in total. The van der Waals surface area contributed by atoms with Crippen molar-refractivity contribution in [1.29, 1.82) is 0 Å². The quantitative estimate of drug-likeness (QED) is 0.162.